The van der Waals surface area contributed by atoms with Gasteiger partial charge >= 0.3 is 5.97 Å². The maximum absolute atomic E-state index is 12.5. The van der Waals surface area contributed by atoms with Crippen molar-refractivity contribution in [2.24, 2.45) is 0 Å². The largest absolute Gasteiger partial charge is 0.469 e. The molecule has 0 aliphatic rings. The van der Waals surface area contributed by atoms with E-state index >= 15 is 0 Å². The monoisotopic (exact) mass is 376 g/mol. The van der Waals surface area contributed by atoms with Crippen molar-refractivity contribution in [3.63, 3.8) is 0 Å². The van der Waals surface area contributed by atoms with Gasteiger partial charge < -0.3 is 10.1 Å². The number of sulfonamides is 1. The van der Waals surface area contributed by atoms with Crippen LogP contribution in [0, 0.1) is 13.8 Å². The van der Waals surface area contributed by atoms with Gasteiger partial charge in [0, 0.05) is 11.4 Å². The minimum atomic E-state index is -3.75. The number of hydrogen-bond donors (Lipinski definition) is 2. The van der Waals surface area contributed by atoms with Crippen LogP contribution in [0.1, 0.15) is 17.5 Å². The zero-order valence-corrected chi connectivity index (χ0v) is 15.5. The lowest BCUT2D eigenvalue weighted by molar-refractivity contribution is -0.142. The van der Waals surface area contributed by atoms with Crippen molar-refractivity contribution in [2.45, 2.75) is 25.2 Å². The number of benzene rings is 2. The second kappa shape index (κ2) is 8.01. The summed E-state index contributed by atoms with van der Waals surface area (Å²) in [5.41, 5.74) is 2.90. The number of carbonyl (C=O) groups excluding carboxylic acids is 2. The summed E-state index contributed by atoms with van der Waals surface area (Å²) in [6.07, 6.45) is -0.412. The molecule has 0 saturated heterocycles. The summed E-state index contributed by atoms with van der Waals surface area (Å²) in [7, 11) is -2.56. The Bertz CT molecular complexity index is 921. The molecular formula is C18H20N2O5S. The Hall–Kier alpha value is -2.87. The van der Waals surface area contributed by atoms with Crippen LogP contribution in [0.25, 0.3) is 0 Å². The Balaban J connectivity index is 2.09. The Kier molecular flexibility index (Phi) is 5.99. The van der Waals surface area contributed by atoms with Gasteiger partial charge in [-0.25, -0.2) is 8.42 Å². The SMILES string of the molecule is COC(=O)CC(=O)Nc1ccc(S(=O)(=O)Nc2ccc(C)c(C)c2)cc1. The van der Waals surface area contributed by atoms with E-state index in [1.807, 2.05) is 19.9 Å². The highest BCUT2D eigenvalue weighted by Crippen LogP contribution is 2.20. The summed E-state index contributed by atoms with van der Waals surface area (Å²) < 4.78 is 31.8. The topological polar surface area (TPSA) is 102 Å². The molecule has 0 radical (unpaired) electrons. The zero-order valence-electron chi connectivity index (χ0n) is 14.7. The molecule has 1 amide bonds. The van der Waals surface area contributed by atoms with Gasteiger partial charge in [-0.1, -0.05) is 6.07 Å². The molecule has 8 heteroatoms. The maximum Gasteiger partial charge on any atom is 0.315 e. The summed E-state index contributed by atoms with van der Waals surface area (Å²) in [6, 6.07) is 10.9. The number of carbonyl (C=O) groups is 2. The van der Waals surface area contributed by atoms with E-state index in [2.05, 4.69) is 14.8 Å². The number of ether oxygens (including phenoxy) is 1. The second-order valence-electron chi connectivity index (χ2n) is 5.73. The van der Waals surface area contributed by atoms with Gasteiger partial charge in [-0.05, 0) is 61.4 Å². The molecule has 0 saturated carbocycles. The van der Waals surface area contributed by atoms with Gasteiger partial charge in [0.15, 0.2) is 0 Å². The van der Waals surface area contributed by atoms with Crippen LogP contribution in [0.2, 0.25) is 0 Å². The first-order valence-electron chi connectivity index (χ1n) is 7.78. The molecule has 2 aromatic carbocycles. The molecule has 26 heavy (non-hydrogen) atoms. The van der Waals surface area contributed by atoms with Crippen LogP contribution < -0.4 is 10.0 Å². The van der Waals surface area contributed by atoms with Gasteiger partial charge in [-0.3, -0.25) is 14.3 Å². The van der Waals surface area contributed by atoms with Crippen molar-refractivity contribution in [1.29, 1.82) is 0 Å². The molecule has 0 aromatic heterocycles. The van der Waals surface area contributed by atoms with Crippen molar-refractivity contribution >= 4 is 33.3 Å². The third-order valence-electron chi connectivity index (χ3n) is 3.74. The molecule has 2 rings (SSSR count). The van der Waals surface area contributed by atoms with E-state index in [9.17, 15) is 18.0 Å². The predicted octanol–water partition coefficient (Wildman–Crippen LogP) is 2.61. The average Bonchev–Trinajstić information content (AvgIpc) is 2.58. The van der Waals surface area contributed by atoms with E-state index in [4.69, 9.17) is 0 Å². The van der Waals surface area contributed by atoms with Crippen LogP contribution in [0.5, 0.6) is 0 Å². The van der Waals surface area contributed by atoms with Gasteiger partial charge in [0.25, 0.3) is 10.0 Å². The smallest absolute Gasteiger partial charge is 0.315 e. The summed E-state index contributed by atoms with van der Waals surface area (Å²) in [4.78, 5) is 22.7. The Morgan fingerprint density at radius 1 is 0.962 bits per heavy atom. The van der Waals surface area contributed by atoms with E-state index in [1.165, 1.54) is 31.4 Å². The molecule has 0 aliphatic heterocycles. The highest BCUT2D eigenvalue weighted by Gasteiger charge is 2.15. The third-order valence-corrected chi connectivity index (χ3v) is 5.14. The fourth-order valence-corrected chi connectivity index (χ4v) is 3.19. The minimum absolute atomic E-state index is 0.0571. The Morgan fingerprint density at radius 2 is 1.58 bits per heavy atom. The second-order valence-corrected chi connectivity index (χ2v) is 7.41. The van der Waals surface area contributed by atoms with Crippen LogP contribution in [0.3, 0.4) is 0 Å². The fourth-order valence-electron chi connectivity index (χ4n) is 2.14. The van der Waals surface area contributed by atoms with Gasteiger partial charge in [-0.2, -0.15) is 0 Å². The lowest BCUT2D eigenvalue weighted by Gasteiger charge is -2.11. The number of methoxy groups -OCH3 is 1. The summed E-state index contributed by atoms with van der Waals surface area (Å²) >= 11 is 0. The first kappa shape index (κ1) is 19.5. The number of hydrogen-bond acceptors (Lipinski definition) is 5. The van der Waals surface area contributed by atoms with Crippen LogP contribution >= 0.6 is 0 Å². The molecule has 138 valence electrons. The first-order valence-corrected chi connectivity index (χ1v) is 9.26. The van der Waals surface area contributed by atoms with E-state index in [0.29, 0.717) is 11.4 Å². The quantitative estimate of drug-likeness (QED) is 0.596. The van der Waals surface area contributed by atoms with Gasteiger partial charge in [0.2, 0.25) is 5.91 Å². The molecule has 0 bridgehead atoms. The highest BCUT2D eigenvalue weighted by molar-refractivity contribution is 7.92. The van der Waals surface area contributed by atoms with Crippen molar-refractivity contribution in [2.75, 3.05) is 17.1 Å². The van der Waals surface area contributed by atoms with E-state index in [-0.39, 0.29) is 4.90 Å². The predicted molar refractivity (Wildman–Crippen MR) is 98.4 cm³/mol. The molecule has 2 aromatic rings. The Morgan fingerprint density at radius 3 is 2.15 bits per heavy atom. The molecule has 0 spiro atoms. The lowest BCUT2D eigenvalue weighted by atomic mass is 10.1. The van der Waals surface area contributed by atoms with Crippen molar-refractivity contribution in [3.8, 4) is 0 Å². The lowest BCUT2D eigenvalue weighted by Crippen LogP contribution is -2.17. The third kappa shape index (κ3) is 5.06. The fraction of sp³-hybridized carbons (Fsp3) is 0.222. The standard InChI is InChI=1S/C18H20N2O5S/c1-12-4-5-15(10-13(12)2)20-26(23,24)16-8-6-14(7-9-16)19-17(21)11-18(22)25-3/h4-10,20H,11H2,1-3H3,(H,19,21). The van der Waals surface area contributed by atoms with Crippen molar-refractivity contribution in [1.82, 2.24) is 0 Å². The van der Waals surface area contributed by atoms with E-state index < -0.39 is 28.3 Å². The van der Waals surface area contributed by atoms with E-state index in [1.54, 1.807) is 12.1 Å². The van der Waals surface area contributed by atoms with Crippen LogP contribution in [-0.2, 0) is 24.3 Å². The molecule has 0 atom stereocenters. The minimum Gasteiger partial charge on any atom is -0.469 e. The number of esters is 1. The number of anilines is 2. The number of aryl methyl sites for hydroxylation is 2. The normalized spacial score (nSPS) is 10.9. The molecule has 0 fully saturated rings. The number of rotatable bonds is 6. The molecular weight excluding hydrogens is 356 g/mol. The van der Waals surface area contributed by atoms with Crippen molar-refractivity contribution < 1.29 is 22.7 Å². The summed E-state index contributed by atoms with van der Waals surface area (Å²) in [5.74, 6) is -1.19. The number of amides is 1. The van der Waals surface area contributed by atoms with Crippen LogP contribution in [0.15, 0.2) is 47.4 Å². The van der Waals surface area contributed by atoms with Gasteiger partial charge in [0.05, 0.1) is 12.0 Å². The molecule has 0 unspecified atom stereocenters. The first-order chi connectivity index (χ1) is 12.2. The highest BCUT2D eigenvalue weighted by atomic mass is 32.2. The summed E-state index contributed by atoms with van der Waals surface area (Å²) in [6.45, 7) is 3.85. The average molecular weight is 376 g/mol. The number of nitrogens with one attached hydrogen (secondary N) is 2. The summed E-state index contributed by atoms with van der Waals surface area (Å²) in [5, 5.41) is 2.49. The van der Waals surface area contributed by atoms with Crippen molar-refractivity contribution in [3.05, 3.63) is 53.6 Å². The molecule has 0 heterocycles. The van der Waals surface area contributed by atoms with E-state index in [0.717, 1.165) is 11.1 Å². The van der Waals surface area contributed by atoms with Gasteiger partial charge in [-0.15, -0.1) is 0 Å². The zero-order chi connectivity index (χ0) is 19.3. The van der Waals surface area contributed by atoms with Crippen LogP contribution in [-0.4, -0.2) is 27.4 Å². The van der Waals surface area contributed by atoms with Crippen LogP contribution in [0.4, 0.5) is 11.4 Å². The molecule has 7 nitrogen and oxygen atoms in total. The molecule has 2 N–H and O–H groups in total. The van der Waals surface area contributed by atoms with Gasteiger partial charge in [0.1, 0.15) is 6.42 Å². The Labute approximate surface area is 152 Å². The molecule has 0 aliphatic carbocycles. The maximum atomic E-state index is 12.5.